The van der Waals surface area contributed by atoms with Crippen LogP contribution in [0.25, 0.3) is 6.08 Å². The maximum absolute atomic E-state index is 8.67. The fraction of sp³-hybridized carbons (Fsp3) is 0. The number of benzene rings is 1. The molecule has 0 bridgehead atoms. The molecule has 1 aromatic carbocycles. The molecule has 0 unspecified atom stereocenters. The summed E-state index contributed by atoms with van der Waals surface area (Å²) in [5.41, 5.74) is 6.04. The van der Waals surface area contributed by atoms with Gasteiger partial charge < -0.3 is 5.73 Å². The third-order valence-electron chi connectivity index (χ3n) is 1.86. The van der Waals surface area contributed by atoms with Crippen LogP contribution in [0.4, 0.5) is 0 Å². The highest BCUT2D eigenvalue weighted by Crippen LogP contribution is 2.01. The number of aliphatic imine (C=N–C) groups is 1. The largest absolute Gasteiger partial charge is 0.388 e. The van der Waals surface area contributed by atoms with E-state index in [0.29, 0.717) is 0 Å². The summed E-state index contributed by atoms with van der Waals surface area (Å²) in [5.74, 6) is 0. The summed E-state index contributed by atoms with van der Waals surface area (Å²) in [4.78, 5) is 3.79. The molecule has 17 heavy (non-hydrogen) atoms. The molecule has 0 heterocycles. The molecule has 2 N–H and O–H groups in total. The molecule has 0 fully saturated rings. The zero-order chi connectivity index (χ0) is 12.5. The summed E-state index contributed by atoms with van der Waals surface area (Å²) >= 11 is 0. The molecule has 1 rings (SSSR count). The van der Waals surface area contributed by atoms with Gasteiger partial charge >= 0.3 is 0 Å². The summed E-state index contributed by atoms with van der Waals surface area (Å²) in [5, 5.41) is 17.2. The van der Waals surface area contributed by atoms with Gasteiger partial charge in [-0.05, 0) is 11.6 Å². The van der Waals surface area contributed by atoms with Crippen molar-refractivity contribution in [1.82, 2.24) is 0 Å². The third-order valence-corrected chi connectivity index (χ3v) is 1.86. The Morgan fingerprint density at radius 1 is 1.18 bits per heavy atom. The Hall–Kier alpha value is -2.85. The number of nitriles is 2. The van der Waals surface area contributed by atoms with Crippen LogP contribution >= 0.6 is 0 Å². The van der Waals surface area contributed by atoms with Crippen LogP contribution in [0.15, 0.2) is 52.8 Å². The fourth-order valence-electron chi connectivity index (χ4n) is 1.05. The highest BCUT2D eigenvalue weighted by Gasteiger charge is 1.96. The molecular formula is C13H10N4. The zero-order valence-electron chi connectivity index (χ0n) is 9.04. The third kappa shape index (κ3) is 4.03. The number of allylic oxidation sites excluding steroid dienone is 3. The van der Waals surface area contributed by atoms with Gasteiger partial charge in [0.2, 0.25) is 0 Å². The predicted molar refractivity (Wildman–Crippen MR) is 66.4 cm³/mol. The van der Waals surface area contributed by atoms with Crippen molar-refractivity contribution in [2.24, 2.45) is 10.7 Å². The second kappa shape index (κ2) is 6.60. The van der Waals surface area contributed by atoms with Crippen molar-refractivity contribution >= 4 is 12.3 Å². The first-order valence-electron chi connectivity index (χ1n) is 4.83. The first-order chi connectivity index (χ1) is 8.27. The van der Waals surface area contributed by atoms with Crippen LogP contribution in [0.3, 0.4) is 0 Å². The van der Waals surface area contributed by atoms with Crippen molar-refractivity contribution in [3.63, 3.8) is 0 Å². The average Bonchev–Trinajstić information content (AvgIpc) is 2.39. The van der Waals surface area contributed by atoms with E-state index in [1.807, 2.05) is 36.4 Å². The van der Waals surface area contributed by atoms with E-state index in [9.17, 15) is 0 Å². The lowest BCUT2D eigenvalue weighted by molar-refractivity contribution is 1.27. The lowest BCUT2D eigenvalue weighted by atomic mass is 10.2. The molecule has 0 aliphatic heterocycles. The Balaban J connectivity index is 2.73. The topological polar surface area (TPSA) is 86.0 Å². The van der Waals surface area contributed by atoms with Crippen LogP contribution in [-0.2, 0) is 0 Å². The van der Waals surface area contributed by atoms with Crippen molar-refractivity contribution in [1.29, 1.82) is 10.5 Å². The number of nitrogens with two attached hydrogens (primary N) is 1. The summed E-state index contributed by atoms with van der Waals surface area (Å²) in [6.45, 7) is 0. The molecule has 0 radical (unpaired) electrons. The van der Waals surface area contributed by atoms with Gasteiger partial charge in [0.25, 0.3) is 0 Å². The Morgan fingerprint density at radius 3 is 2.47 bits per heavy atom. The Morgan fingerprint density at radius 2 is 1.88 bits per heavy atom. The van der Waals surface area contributed by atoms with Crippen molar-refractivity contribution in [3.05, 3.63) is 53.4 Å². The van der Waals surface area contributed by atoms with Crippen molar-refractivity contribution < 1.29 is 0 Å². The van der Waals surface area contributed by atoms with Gasteiger partial charge in [0.05, 0.1) is 0 Å². The minimum Gasteiger partial charge on any atom is -0.388 e. The van der Waals surface area contributed by atoms with Crippen LogP contribution in [0.1, 0.15) is 5.56 Å². The molecule has 0 aliphatic carbocycles. The summed E-state index contributed by atoms with van der Waals surface area (Å²) in [6, 6.07) is 13.1. The van der Waals surface area contributed by atoms with Crippen LogP contribution < -0.4 is 5.73 Å². The highest BCUT2D eigenvalue weighted by atomic mass is 14.8. The van der Waals surface area contributed by atoms with E-state index in [1.165, 1.54) is 6.21 Å². The molecule has 0 aliphatic rings. The van der Waals surface area contributed by atoms with Gasteiger partial charge in [-0.15, -0.1) is 0 Å². The maximum atomic E-state index is 8.67. The van der Waals surface area contributed by atoms with Crippen LogP contribution in [0.5, 0.6) is 0 Å². The number of nitrogens with zero attached hydrogens (tertiary/aromatic N) is 3. The molecular weight excluding hydrogens is 212 g/mol. The van der Waals surface area contributed by atoms with Gasteiger partial charge in [-0.2, -0.15) is 10.5 Å². The molecule has 0 saturated heterocycles. The minimum absolute atomic E-state index is 0.0785. The van der Waals surface area contributed by atoms with E-state index < -0.39 is 0 Å². The monoisotopic (exact) mass is 222 g/mol. The van der Waals surface area contributed by atoms with Crippen molar-refractivity contribution in [2.75, 3.05) is 0 Å². The van der Waals surface area contributed by atoms with Gasteiger partial charge in [-0.3, -0.25) is 0 Å². The van der Waals surface area contributed by atoms with E-state index in [0.717, 1.165) is 5.56 Å². The van der Waals surface area contributed by atoms with Gasteiger partial charge in [-0.1, -0.05) is 36.4 Å². The number of hydrogen-bond donors (Lipinski definition) is 1. The van der Waals surface area contributed by atoms with Gasteiger partial charge in [-0.25, -0.2) is 4.99 Å². The summed E-state index contributed by atoms with van der Waals surface area (Å²) in [6.07, 6.45) is 4.94. The zero-order valence-corrected chi connectivity index (χ0v) is 9.04. The molecule has 0 spiro atoms. The van der Waals surface area contributed by atoms with Gasteiger partial charge in [0, 0.05) is 6.21 Å². The Kier molecular flexibility index (Phi) is 4.74. The first-order valence-corrected chi connectivity index (χ1v) is 4.83. The molecule has 4 heteroatoms. The summed E-state index contributed by atoms with van der Waals surface area (Å²) in [7, 11) is 0. The van der Waals surface area contributed by atoms with E-state index in [-0.39, 0.29) is 11.4 Å². The molecule has 0 aromatic heterocycles. The molecule has 1 aromatic rings. The minimum atomic E-state index is -0.183. The highest BCUT2D eigenvalue weighted by molar-refractivity contribution is 5.79. The Labute approximate surface area is 99.6 Å². The standard InChI is InChI=1S/C13H10N4/c14-9-12(16)13(10-15)17-8-4-7-11-5-2-1-3-6-11/h1-8H,16H2. The smallest absolute Gasteiger partial charge is 0.174 e. The van der Waals surface area contributed by atoms with E-state index in [2.05, 4.69) is 4.99 Å². The molecule has 0 saturated carbocycles. The first kappa shape index (κ1) is 12.2. The van der Waals surface area contributed by atoms with Crippen LogP contribution in [0, 0.1) is 22.7 Å². The van der Waals surface area contributed by atoms with Crippen LogP contribution in [-0.4, -0.2) is 6.21 Å². The van der Waals surface area contributed by atoms with Crippen LogP contribution in [0.2, 0.25) is 0 Å². The predicted octanol–water partition coefficient (Wildman–Crippen LogP) is 1.99. The van der Waals surface area contributed by atoms with Crippen molar-refractivity contribution in [3.8, 4) is 12.1 Å². The second-order valence-electron chi connectivity index (χ2n) is 3.03. The van der Waals surface area contributed by atoms with E-state index in [1.54, 1.807) is 18.2 Å². The Bertz CT molecular complexity index is 539. The van der Waals surface area contributed by atoms with E-state index >= 15 is 0 Å². The van der Waals surface area contributed by atoms with Gasteiger partial charge in [0.1, 0.15) is 17.8 Å². The van der Waals surface area contributed by atoms with E-state index in [4.69, 9.17) is 16.3 Å². The molecule has 82 valence electrons. The molecule has 0 atom stereocenters. The second-order valence-corrected chi connectivity index (χ2v) is 3.03. The molecule has 0 amide bonds. The average molecular weight is 222 g/mol. The maximum Gasteiger partial charge on any atom is 0.174 e. The SMILES string of the molecule is N#CC(N)=C(C#N)N=CC=Cc1ccccc1. The summed E-state index contributed by atoms with van der Waals surface area (Å²) < 4.78 is 0. The number of rotatable bonds is 3. The fourth-order valence-corrected chi connectivity index (χ4v) is 1.05. The molecule has 4 nitrogen and oxygen atoms in total. The normalized spacial score (nSPS) is 12.1. The quantitative estimate of drug-likeness (QED) is 0.626. The van der Waals surface area contributed by atoms with Gasteiger partial charge in [0.15, 0.2) is 5.70 Å². The number of hydrogen-bond acceptors (Lipinski definition) is 4. The lowest BCUT2D eigenvalue weighted by Gasteiger charge is -1.89. The van der Waals surface area contributed by atoms with Crippen molar-refractivity contribution in [2.45, 2.75) is 0 Å². The lowest BCUT2D eigenvalue weighted by Crippen LogP contribution is -1.97.